The molecule has 4 rings (SSSR count). The second-order valence-electron chi connectivity index (χ2n) is 6.85. The molecule has 1 aromatic heterocycles. The number of nitrogens with one attached hydrogen (secondary N) is 1. The van der Waals surface area contributed by atoms with E-state index >= 15 is 0 Å². The molecule has 0 saturated carbocycles. The number of nitrogens with zero attached hydrogens (tertiary/aromatic N) is 3. The third-order valence-corrected chi connectivity index (χ3v) is 5.35. The van der Waals surface area contributed by atoms with E-state index in [0.717, 1.165) is 52.3 Å². The highest BCUT2D eigenvalue weighted by molar-refractivity contribution is 9.10. The van der Waals surface area contributed by atoms with E-state index in [2.05, 4.69) is 36.0 Å². The first-order chi connectivity index (χ1) is 13.7. The molecule has 3 aromatic rings. The van der Waals surface area contributed by atoms with Crippen molar-refractivity contribution < 1.29 is 4.79 Å². The molecule has 6 heteroatoms. The molecular formula is C22H21BrN4O. The molecule has 1 aliphatic rings. The average Bonchev–Trinajstić information content (AvgIpc) is 2.96. The number of aryl methyl sites for hydroxylation is 1. The maximum absolute atomic E-state index is 12.2. The number of fused-ring (bicyclic) bond motifs is 1. The SMILES string of the molecule is O=C(/C=C/c1ccc(Br)cc1)Nc1ccc(-c2nnc3n2CCCCC3)cc1. The molecular weight excluding hydrogens is 416 g/mol. The Morgan fingerprint density at radius 2 is 1.79 bits per heavy atom. The molecule has 0 radical (unpaired) electrons. The smallest absolute Gasteiger partial charge is 0.248 e. The fourth-order valence-electron chi connectivity index (χ4n) is 3.33. The number of hydrogen-bond donors (Lipinski definition) is 1. The van der Waals surface area contributed by atoms with Gasteiger partial charge in [-0.15, -0.1) is 10.2 Å². The van der Waals surface area contributed by atoms with Gasteiger partial charge in [0, 0.05) is 34.8 Å². The van der Waals surface area contributed by atoms with Gasteiger partial charge in [0.25, 0.3) is 0 Å². The molecule has 2 heterocycles. The number of amides is 1. The van der Waals surface area contributed by atoms with Crippen molar-refractivity contribution in [2.45, 2.75) is 32.2 Å². The lowest BCUT2D eigenvalue weighted by atomic mass is 10.2. The van der Waals surface area contributed by atoms with Crippen LogP contribution in [0.25, 0.3) is 17.5 Å². The normalized spacial score (nSPS) is 13.9. The van der Waals surface area contributed by atoms with Crippen LogP contribution in [-0.2, 0) is 17.8 Å². The summed E-state index contributed by atoms with van der Waals surface area (Å²) in [6.45, 7) is 0.969. The minimum absolute atomic E-state index is 0.160. The van der Waals surface area contributed by atoms with Crippen LogP contribution in [0.3, 0.4) is 0 Å². The molecule has 0 atom stereocenters. The highest BCUT2D eigenvalue weighted by Gasteiger charge is 2.15. The van der Waals surface area contributed by atoms with Crippen LogP contribution in [0.1, 0.15) is 30.7 Å². The average molecular weight is 437 g/mol. The van der Waals surface area contributed by atoms with E-state index in [0.29, 0.717) is 0 Å². The van der Waals surface area contributed by atoms with Gasteiger partial charge in [0.15, 0.2) is 5.82 Å². The van der Waals surface area contributed by atoms with Crippen LogP contribution < -0.4 is 5.32 Å². The molecule has 1 N–H and O–H groups in total. The van der Waals surface area contributed by atoms with Crippen LogP contribution in [0.4, 0.5) is 5.69 Å². The van der Waals surface area contributed by atoms with Gasteiger partial charge in [0.2, 0.25) is 5.91 Å². The standard InChI is InChI=1S/C22H21BrN4O/c23-18-10-5-16(6-11-18)7-14-21(28)24-19-12-8-17(9-13-19)22-26-25-20-4-2-1-3-15-27(20)22/h5-14H,1-4,15H2,(H,24,28)/b14-7+. The van der Waals surface area contributed by atoms with Gasteiger partial charge < -0.3 is 9.88 Å². The van der Waals surface area contributed by atoms with Gasteiger partial charge >= 0.3 is 0 Å². The van der Waals surface area contributed by atoms with Gasteiger partial charge in [-0.3, -0.25) is 4.79 Å². The Morgan fingerprint density at radius 1 is 1.00 bits per heavy atom. The van der Waals surface area contributed by atoms with E-state index < -0.39 is 0 Å². The molecule has 1 aliphatic heterocycles. The topological polar surface area (TPSA) is 59.8 Å². The maximum atomic E-state index is 12.2. The quantitative estimate of drug-likeness (QED) is 0.579. The first-order valence-electron chi connectivity index (χ1n) is 9.46. The van der Waals surface area contributed by atoms with Crippen LogP contribution in [0, 0.1) is 0 Å². The van der Waals surface area contributed by atoms with Gasteiger partial charge in [-0.2, -0.15) is 0 Å². The summed E-state index contributed by atoms with van der Waals surface area (Å²) in [5, 5.41) is 11.6. The Balaban J connectivity index is 1.43. The van der Waals surface area contributed by atoms with Crippen molar-refractivity contribution in [1.82, 2.24) is 14.8 Å². The summed E-state index contributed by atoms with van der Waals surface area (Å²) in [6.07, 6.45) is 7.90. The van der Waals surface area contributed by atoms with Crippen molar-refractivity contribution in [1.29, 1.82) is 0 Å². The Morgan fingerprint density at radius 3 is 2.57 bits per heavy atom. The number of carbonyl (C=O) groups is 1. The zero-order valence-corrected chi connectivity index (χ0v) is 17.0. The van der Waals surface area contributed by atoms with E-state index in [1.54, 1.807) is 6.08 Å². The maximum Gasteiger partial charge on any atom is 0.248 e. The number of hydrogen-bond acceptors (Lipinski definition) is 3. The zero-order chi connectivity index (χ0) is 19.3. The van der Waals surface area contributed by atoms with E-state index in [-0.39, 0.29) is 5.91 Å². The molecule has 0 unspecified atom stereocenters. The number of rotatable bonds is 4. The lowest BCUT2D eigenvalue weighted by molar-refractivity contribution is -0.111. The van der Waals surface area contributed by atoms with Gasteiger partial charge in [-0.05, 0) is 60.9 Å². The Bertz CT molecular complexity index is 990. The molecule has 0 aliphatic carbocycles. The Hall–Kier alpha value is -2.73. The summed E-state index contributed by atoms with van der Waals surface area (Å²) in [5.74, 6) is 1.82. The summed E-state index contributed by atoms with van der Waals surface area (Å²) in [7, 11) is 0. The van der Waals surface area contributed by atoms with Crippen LogP contribution in [0.2, 0.25) is 0 Å². The molecule has 1 amide bonds. The highest BCUT2D eigenvalue weighted by atomic mass is 79.9. The van der Waals surface area contributed by atoms with Crippen LogP contribution >= 0.6 is 15.9 Å². The van der Waals surface area contributed by atoms with Crippen molar-refractivity contribution >= 4 is 33.6 Å². The van der Waals surface area contributed by atoms with Gasteiger partial charge in [-0.1, -0.05) is 34.5 Å². The highest BCUT2D eigenvalue weighted by Crippen LogP contribution is 2.24. The van der Waals surface area contributed by atoms with E-state index in [4.69, 9.17) is 0 Å². The number of carbonyl (C=O) groups excluding carboxylic acids is 1. The van der Waals surface area contributed by atoms with E-state index in [1.165, 1.54) is 18.9 Å². The third-order valence-electron chi connectivity index (χ3n) is 4.82. The molecule has 0 spiro atoms. The van der Waals surface area contributed by atoms with Gasteiger partial charge in [0.1, 0.15) is 5.82 Å². The van der Waals surface area contributed by atoms with Gasteiger partial charge in [0.05, 0.1) is 0 Å². The van der Waals surface area contributed by atoms with Crippen LogP contribution in [0.5, 0.6) is 0 Å². The van der Waals surface area contributed by atoms with Crippen molar-refractivity contribution in [2.24, 2.45) is 0 Å². The number of halogens is 1. The summed E-state index contributed by atoms with van der Waals surface area (Å²) in [4.78, 5) is 12.2. The Labute approximate surface area is 172 Å². The molecule has 0 bridgehead atoms. The number of anilines is 1. The van der Waals surface area contributed by atoms with Crippen molar-refractivity contribution in [3.63, 3.8) is 0 Å². The predicted octanol–water partition coefficient (Wildman–Crippen LogP) is 5.09. The second-order valence-corrected chi connectivity index (χ2v) is 7.77. The summed E-state index contributed by atoms with van der Waals surface area (Å²) in [6, 6.07) is 15.6. The first-order valence-corrected chi connectivity index (χ1v) is 10.3. The molecule has 0 saturated heterocycles. The molecule has 28 heavy (non-hydrogen) atoms. The fourth-order valence-corrected chi connectivity index (χ4v) is 3.60. The van der Waals surface area contributed by atoms with Crippen molar-refractivity contribution in [2.75, 3.05) is 5.32 Å². The minimum atomic E-state index is -0.160. The van der Waals surface area contributed by atoms with Crippen LogP contribution in [0.15, 0.2) is 59.1 Å². The summed E-state index contributed by atoms with van der Waals surface area (Å²) >= 11 is 3.40. The largest absolute Gasteiger partial charge is 0.323 e. The van der Waals surface area contributed by atoms with Crippen LogP contribution in [-0.4, -0.2) is 20.7 Å². The lowest BCUT2D eigenvalue weighted by Crippen LogP contribution is -2.07. The molecule has 5 nitrogen and oxygen atoms in total. The first kappa shape index (κ1) is 18.6. The molecule has 142 valence electrons. The minimum Gasteiger partial charge on any atom is -0.323 e. The second kappa shape index (κ2) is 8.52. The number of benzene rings is 2. The zero-order valence-electron chi connectivity index (χ0n) is 15.4. The summed E-state index contributed by atoms with van der Waals surface area (Å²) in [5.41, 5.74) is 2.75. The van der Waals surface area contributed by atoms with Crippen molar-refractivity contribution in [3.05, 3.63) is 70.5 Å². The lowest BCUT2D eigenvalue weighted by Gasteiger charge is -2.08. The molecule has 0 fully saturated rings. The number of aromatic nitrogens is 3. The fraction of sp³-hybridized carbons (Fsp3) is 0.227. The van der Waals surface area contributed by atoms with E-state index in [1.807, 2.05) is 48.5 Å². The van der Waals surface area contributed by atoms with Crippen molar-refractivity contribution in [3.8, 4) is 11.4 Å². The molecule has 2 aromatic carbocycles. The summed E-state index contributed by atoms with van der Waals surface area (Å²) < 4.78 is 3.24. The predicted molar refractivity (Wildman–Crippen MR) is 115 cm³/mol. The monoisotopic (exact) mass is 436 g/mol. The third kappa shape index (κ3) is 4.39. The Kier molecular flexibility index (Phi) is 5.67. The van der Waals surface area contributed by atoms with Gasteiger partial charge in [-0.25, -0.2) is 0 Å². The van der Waals surface area contributed by atoms with E-state index in [9.17, 15) is 4.79 Å².